The number of nitrogens with two attached hydrogens (primary N) is 1. The van der Waals surface area contributed by atoms with Crippen LogP contribution in [0.3, 0.4) is 0 Å². The quantitative estimate of drug-likeness (QED) is 0.813. The smallest absolute Gasteiger partial charge is 0.237 e. The Labute approximate surface area is 110 Å². The van der Waals surface area contributed by atoms with Gasteiger partial charge in [-0.25, -0.2) is 0 Å². The normalized spacial score (nSPS) is 14.0. The molecule has 0 fully saturated rings. The second-order valence-electron chi connectivity index (χ2n) is 4.89. The Hall–Kier alpha value is -1.35. The molecule has 0 heterocycles. The number of unbranched alkanes of at least 4 members (excludes halogenated alkanes) is 1. The molecular weight excluding hydrogens is 224 g/mol. The Kier molecular flexibility index (Phi) is 5.86. The van der Waals surface area contributed by atoms with Crippen molar-refractivity contribution in [1.29, 1.82) is 0 Å². The minimum atomic E-state index is -0.391. The number of rotatable bonds is 6. The van der Waals surface area contributed by atoms with E-state index in [-0.39, 0.29) is 11.9 Å². The van der Waals surface area contributed by atoms with E-state index in [0.717, 1.165) is 24.8 Å². The number of aryl methyl sites for hydroxylation is 1. The van der Waals surface area contributed by atoms with Crippen LogP contribution >= 0.6 is 0 Å². The molecule has 2 atom stereocenters. The third-order valence-electron chi connectivity index (χ3n) is 3.11. The minimum Gasteiger partial charge on any atom is -0.348 e. The van der Waals surface area contributed by atoms with Gasteiger partial charge >= 0.3 is 0 Å². The molecule has 3 N–H and O–H groups in total. The van der Waals surface area contributed by atoms with Crippen molar-refractivity contribution in [3.8, 4) is 0 Å². The van der Waals surface area contributed by atoms with E-state index in [1.807, 2.05) is 32.0 Å². The van der Waals surface area contributed by atoms with Crippen LogP contribution < -0.4 is 11.1 Å². The van der Waals surface area contributed by atoms with Gasteiger partial charge in [0.15, 0.2) is 0 Å². The lowest BCUT2D eigenvalue weighted by atomic mass is 10.0. The van der Waals surface area contributed by atoms with E-state index in [9.17, 15) is 4.79 Å². The van der Waals surface area contributed by atoms with E-state index < -0.39 is 6.04 Å². The minimum absolute atomic E-state index is 0.00470. The molecule has 0 radical (unpaired) electrons. The zero-order valence-corrected chi connectivity index (χ0v) is 11.6. The van der Waals surface area contributed by atoms with Crippen LogP contribution in [0.5, 0.6) is 0 Å². The van der Waals surface area contributed by atoms with Crippen LogP contribution in [0.2, 0.25) is 0 Å². The predicted molar refractivity (Wildman–Crippen MR) is 75.2 cm³/mol. The average molecular weight is 248 g/mol. The molecule has 100 valence electrons. The number of hydrogen-bond acceptors (Lipinski definition) is 2. The summed E-state index contributed by atoms with van der Waals surface area (Å²) < 4.78 is 0. The highest BCUT2D eigenvalue weighted by Gasteiger charge is 2.15. The highest BCUT2D eigenvalue weighted by Crippen LogP contribution is 2.14. The topological polar surface area (TPSA) is 55.1 Å². The Morgan fingerprint density at radius 3 is 2.78 bits per heavy atom. The molecule has 1 amide bonds. The van der Waals surface area contributed by atoms with Crippen LogP contribution in [-0.2, 0) is 4.79 Å². The lowest BCUT2D eigenvalue weighted by Gasteiger charge is -2.18. The second kappa shape index (κ2) is 7.17. The maximum absolute atomic E-state index is 11.9. The first-order valence-corrected chi connectivity index (χ1v) is 6.67. The molecule has 0 spiro atoms. The van der Waals surface area contributed by atoms with E-state index in [2.05, 4.69) is 18.3 Å². The van der Waals surface area contributed by atoms with E-state index in [0.29, 0.717) is 0 Å². The maximum atomic E-state index is 11.9. The Balaban J connectivity index is 2.54. The van der Waals surface area contributed by atoms with Crippen molar-refractivity contribution in [3.63, 3.8) is 0 Å². The van der Waals surface area contributed by atoms with Crippen molar-refractivity contribution in [3.05, 3.63) is 35.4 Å². The zero-order chi connectivity index (χ0) is 13.5. The first-order valence-electron chi connectivity index (χ1n) is 6.67. The van der Waals surface area contributed by atoms with E-state index >= 15 is 0 Å². The van der Waals surface area contributed by atoms with Crippen molar-refractivity contribution in [1.82, 2.24) is 5.32 Å². The fraction of sp³-hybridized carbons (Fsp3) is 0.533. The van der Waals surface area contributed by atoms with Crippen molar-refractivity contribution in [2.75, 3.05) is 0 Å². The molecule has 0 aliphatic heterocycles. The van der Waals surface area contributed by atoms with Gasteiger partial charge in [0.25, 0.3) is 0 Å². The van der Waals surface area contributed by atoms with Gasteiger partial charge in [-0.15, -0.1) is 0 Å². The summed E-state index contributed by atoms with van der Waals surface area (Å²) in [6, 6.07) is 7.77. The first kappa shape index (κ1) is 14.7. The van der Waals surface area contributed by atoms with Crippen LogP contribution in [0.4, 0.5) is 0 Å². The first-order chi connectivity index (χ1) is 8.54. The van der Waals surface area contributed by atoms with E-state index in [1.165, 1.54) is 5.56 Å². The van der Waals surface area contributed by atoms with Crippen LogP contribution in [0.1, 0.15) is 50.3 Å². The monoisotopic (exact) mass is 248 g/mol. The van der Waals surface area contributed by atoms with Crippen LogP contribution in [0.15, 0.2) is 24.3 Å². The Bertz CT molecular complexity index is 390. The molecule has 0 aromatic heterocycles. The largest absolute Gasteiger partial charge is 0.348 e. The molecule has 0 aliphatic rings. The van der Waals surface area contributed by atoms with Crippen molar-refractivity contribution in [2.24, 2.45) is 5.73 Å². The fourth-order valence-electron chi connectivity index (χ4n) is 1.90. The molecule has 0 saturated heterocycles. The van der Waals surface area contributed by atoms with Gasteiger partial charge in [-0.05, 0) is 25.8 Å². The summed E-state index contributed by atoms with van der Waals surface area (Å²) in [4.78, 5) is 11.9. The van der Waals surface area contributed by atoms with Gasteiger partial charge in [0.05, 0.1) is 12.1 Å². The van der Waals surface area contributed by atoms with Gasteiger partial charge in [-0.1, -0.05) is 49.6 Å². The standard InChI is InChI=1S/C15H24N2O/c1-4-5-9-14(16)15(18)17-12(3)13-8-6-7-11(2)10-13/h6-8,10,12,14H,4-5,9,16H2,1-3H3,(H,17,18)/t12-,14-/m0/s1. The SMILES string of the molecule is CCCC[C@H](N)C(=O)N[C@@H](C)c1cccc(C)c1. The summed E-state index contributed by atoms with van der Waals surface area (Å²) in [5, 5.41) is 2.97. The van der Waals surface area contributed by atoms with Gasteiger partial charge in [-0.2, -0.15) is 0 Å². The molecule has 0 bridgehead atoms. The summed E-state index contributed by atoms with van der Waals surface area (Å²) >= 11 is 0. The molecule has 3 heteroatoms. The summed E-state index contributed by atoms with van der Waals surface area (Å²) in [5.41, 5.74) is 8.16. The molecule has 0 unspecified atom stereocenters. The van der Waals surface area contributed by atoms with Gasteiger partial charge in [0.2, 0.25) is 5.91 Å². The number of benzene rings is 1. The van der Waals surface area contributed by atoms with Crippen molar-refractivity contribution in [2.45, 2.75) is 52.1 Å². The maximum Gasteiger partial charge on any atom is 0.237 e. The number of nitrogens with one attached hydrogen (secondary N) is 1. The predicted octanol–water partition coefficient (Wildman–Crippen LogP) is 2.69. The lowest BCUT2D eigenvalue weighted by molar-refractivity contribution is -0.123. The molecule has 1 rings (SSSR count). The van der Waals surface area contributed by atoms with Gasteiger partial charge in [0.1, 0.15) is 0 Å². The van der Waals surface area contributed by atoms with E-state index in [1.54, 1.807) is 0 Å². The fourth-order valence-corrected chi connectivity index (χ4v) is 1.90. The van der Waals surface area contributed by atoms with Crippen molar-refractivity contribution >= 4 is 5.91 Å². The Morgan fingerprint density at radius 1 is 1.44 bits per heavy atom. The van der Waals surface area contributed by atoms with Crippen LogP contribution in [0.25, 0.3) is 0 Å². The second-order valence-corrected chi connectivity index (χ2v) is 4.89. The lowest BCUT2D eigenvalue weighted by Crippen LogP contribution is -2.41. The third kappa shape index (κ3) is 4.49. The molecule has 0 aliphatic carbocycles. The highest BCUT2D eigenvalue weighted by atomic mass is 16.2. The molecule has 3 nitrogen and oxygen atoms in total. The number of amides is 1. The van der Waals surface area contributed by atoms with E-state index in [4.69, 9.17) is 5.73 Å². The van der Waals surface area contributed by atoms with Gasteiger partial charge in [0, 0.05) is 0 Å². The summed E-state index contributed by atoms with van der Waals surface area (Å²) in [6.45, 7) is 6.13. The molecule has 1 aromatic carbocycles. The Morgan fingerprint density at radius 2 is 2.17 bits per heavy atom. The molecule has 1 aromatic rings. The third-order valence-corrected chi connectivity index (χ3v) is 3.11. The summed E-state index contributed by atoms with van der Waals surface area (Å²) in [7, 11) is 0. The van der Waals surface area contributed by atoms with Gasteiger partial charge < -0.3 is 11.1 Å². The highest BCUT2D eigenvalue weighted by molar-refractivity contribution is 5.81. The van der Waals surface area contributed by atoms with Gasteiger partial charge in [-0.3, -0.25) is 4.79 Å². The molecular formula is C15H24N2O. The zero-order valence-electron chi connectivity index (χ0n) is 11.6. The van der Waals surface area contributed by atoms with Crippen LogP contribution in [0, 0.1) is 6.92 Å². The molecule has 18 heavy (non-hydrogen) atoms. The number of carbonyl (C=O) groups is 1. The molecule has 0 saturated carbocycles. The summed E-state index contributed by atoms with van der Waals surface area (Å²) in [6.07, 6.45) is 2.81. The number of hydrogen-bond donors (Lipinski definition) is 2. The average Bonchev–Trinajstić information content (AvgIpc) is 2.35. The summed E-state index contributed by atoms with van der Waals surface area (Å²) in [5.74, 6) is -0.0579. The number of carbonyl (C=O) groups excluding carboxylic acids is 1. The van der Waals surface area contributed by atoms with Crippen molar-refractivity contribution < 1.29 is 4.79 Å². The van der Waals surface area contributed by atoms with Crippen LogP contribution in [-0.4, -0.2) is 11.9 Å².